The zero-order valence-corrected chi connectivity index (χ0v) is 18.8. The number of fused-ring (bicyclic) bond motifs is 1. The van der Waals surface area contributed by atoms with E-state index in [4.69, 9.17) is 14.6 Å². The number of aliphatic hydroxyl groups excluding tert-OH is 3. The van der Waals surface area contributed by atoms with Crippen LogP contribution >= 0.6 is 0 Å². The third kappa shape index (κ3) is 6.32. The van der Waals surface area contributed by atoms with Gasteiger partial charge in [0.05, 0.1) is 37.5 Å². The lowest BCUT2D eigenvalue weighted by Crippen LogP contribution is -2.48. The fourth-order valence-corrected chi connectivity index (χ4v) is 3.95. The van der Waals surface area contributed by atoms with Crippen molar-refractivity contribution in [2.45, 2.75) is 24.9 Å². The van der Waals surface area contributed by atoms with Gasteiger partial charge in [0, 0.05) is 38.0 Å². The van der Waals surface area contributed by atoms with Crippen molar-refractivity contribution in [3.63, 3.8) is 0 Å². The van der Waals surface area contributed by atoms with Crippen molar-refractivity contribution in [2.24, 2.45) is 0 Å². The van der Waals surface area contributed by atoms with Crippen molar-refractivity contribution in [1.82, 2.24) is 5.32 Å². The lowest BCUT2D eigenvalue weighted by atomic mass is 10.0. The molecule has 176 valence electrons. The summed E-state index contributed by atoms with van der Waals surface area (Å²) < 4.78 is 10.6. The first-order valence-electron chi connectivity index (χ1n) is 10.9. The van der Waals surface area contributed by atoms with Gasteiger partial charge >= 0.3 is 0 Å². The number of nitrogens with zero attached hydrogens (tertiary/aromatic N) is 2. The second-order valence-corrected chi connectivity index (χ2v) is 7.90. The van der Waals surface area contributed by atoms with Gasteiger partial charge in [-0.2, -0.15) is 5.26 Å². The SMILES string of the molecule is C=C(NC1CC(O)COC1O)/C(C#N)=C/c1ccc2cc(N3CCOCC3)ccc2c1.CO. The standard InChI is InChI=1S/C24H27N3O4.CH4O/c1-16(26-23-13-22(28)15-31-24(23)29)20(14-25)11-17-2-3-19-12-21(5-4-18(19)10-17)27-6-8-30-9-7-27;1-2/h2-5,10-12,22-24,26,28-29H,1,6-9,13,15H2;2H,1H3/b20-11+;. The summed E-state index contributed by atoms with van der Waals surface area (Å²) in [7, 11) is 1.00. The van der Waals surface area contributed by atoms with E-state index in [2.05, 4.69) is 41.1 Å². The van der Waals surface area contributed by atoms with Crippen LogP contribution in [0.3, 0.4) is 0 Å². The highest BCUT2D eigenvalue weighted by Crippen LogP contribution is 2.25. The molecule has 4 N–H and O–H groups in total. The van der Waals surface area contributed by atoms with Gasteiger partial charge in [-0.1, -0.05) is 24.8 Å². The van der Waals surface area contributed by atoms with Crippen LogP contribution in [0, 0.1) is 11.3 Å². The number of ether oxygens (including phenoxy) is 2. The summed E-state index contributed by atoms with van der Waals surface area (Å²) in [6, 6.07) is 14.1. The number of anilines is 1. The summed E-state index contributed by atoms with van der Waals surface area (Å²) in [6.07, 6.45) is 0.366. The number of benzene rings is 2. The van der Waals surface area contributed by atoms with Gasteiger partial charge in [0.15, 0.2) is 6.29 Å². The summed E-state index contributed by atoms with van der Waals surface area (Å²) in [5.74, 6) is 0. The summed E-state index contributed by atoms with van der Waals surface area (Å²) in [5, 5.41) is 41.6. The second kappa shape index (κ2) is 11.8. The molecule has 4 rings (SSSR count). The van der Waals surface area contributed by atoms with E-state index < -0.39 is 18.4 Å². The molecule has 2 saturated heterocycles. The van der Waals surface area contributed by atoms with Crippen LogP contribution in [0.25, 0.3) is 16.8 Å². The van der Waals surface area contributed by atoms with Gasteiger partial charge in [0.2, 0.25) is 0 Å². The van der Waals surface area contributed by atoms with Crippen LogP contribution in [-0.2, 0) is 9.47 Å². The van der Waals surface area contributed by atoms with E-state index in [0.717, 1.165) is 49.7 Å². The van der Waals surface area contributed by atoms with Crippen LogP contribution in [0.4, 0.5) is 5.69 Å². The van der Waals surface area contributed by atoms with Crippen LogP contribution in [0.15, 0.2) is 54.2 Å². The number of nitriles is 1. The van der Waals surface area contributed by atoms with Crippen molar-refractivity contribution >= 4 is 22.5 Å². The van der Waals surface area contributed by atoms with Gasteiger partial charge in [-0.15, -0.1) is 0 Å². The van der Waals surface area contributed by atoms with Gasteiger partial charge in [-0.25, -0.2) is 0 Å². The molecule has 0 amide bonds. The second-order valence-electron chi connectivity index (χ2n) is 7.90. The van der Waals surface area contributed by atoms with Gasteiger partial charge in [0.25, 0.3) is 0 Å². The van der Waals surface area contributed by atoms with Crippen LogP contribution in [0.1, 0.15) is 12.0 Å². The Morgan fingerprint density at radius 3 is 2.58 bits per heavy atom. The zero-order chi connectivity index (χ0) is 23.8. The highest BCUT2D eigenvalue weighted by atomic mass is 16.6. The zero-order valence-electron chi connectivity index (χ0n) is 18.8. The Labute approximate surface area is 194 Å². The van der Waals surface area contributed by atoms with Crippen molar-refractivity contribution in [1.29, 1.82) is 5.26 Å². The van der Waals surface area contributed by atoms with Gasteiger partial charge in [-0.05, 0) is 40.6 Å². The molecule has 2 aromatic carbocycles. The van der Waals surface area contributed by atoms with Crippen molar-refractivity contribution in [3.05, 3.63) is 59.8 Å². The first kappa shape index (κ1) is 24.7. The predicted octanol–water partition coefficient (Wildman–Crippen LogP) is 1.76. The molecular weight excluding hydrogens is 422 g/mol. The molecule has 2 aromatic rings. The smallest absolute Gasteiger partial charge is 0.175 e. The third-order valence-electron chi connectivity index (χ3n) is 5.67. The summed E-state index contributed by atoms with van der Waals surface area (Å²) in [4.78, 5) is 2.32. The molecule has 0 spiro atoms. The topological polar surface area (TPSA) is 118 Å². The maximum absolute atomic E-state index is 9.97. The van der Waals surface area contributed by atoms with Crippen molar-refractivity contribution in [2.75, 3.05) is 44.9 Å². The number of morpholine rings is 1. The Hall–Kier alpha value is -2.93. The Bertz CT molecular complexity index is 1030. The van der Waals surface area contributed by atoms with E-state index in [1.165, 1.54) is 5.69 Å². The minimum atomic E-state index is -1.05. The number of hydrogen-bond donors (Lipinski definition) is 4. The first-order valence-corrected chi connectivity index (χ1v) is 10.9. The molecule has 2 fully saturated rings. The van der Waals surface area contributed by atoms with E-state index in [0.29, 0.717) is 17.7 Å². The fourth-order valence-electron chi connectivity index (χ4n) is 3.95. The molecule has 8 nitrogen and oxygen atoms in total. The Morgan fingerprint density at radius 1 is 1.15 bits per heavy atom. The Morgan fingerprint density at radius 2 is 1.85 bits per heavy atom. The van der Waals surface area contributed by atoms with E-state index in [1.807, 2.05) is 18.2 Å². The lowest BCUT2D eigenvalue weighted by Gasteiger charge is -2.32. The largest absolute Gasteiger partial charge is 0.400 e. The molecule has 3 unspecified atom stereocenters. The van der Waals surface area contributed by atoms with E-state index in [1.54, 1.807) is 6.08 Å². The summed E-state index contributed by atoms with van der Waals surface area (Å²) >= 11 is 0. The fraction of sp³-hybridized carbons (Fsp3) is 0.400. The maximum Gasteiger partial charge on any atom is 0.175 e. The highest BCUT2D eigenvalue weighted by molar-refractivity contribution is 5.88. The van der Waals surface area contributed by atoms with Gasteiger partial charge in [-0.3, -0.25) is 0 Å². The van der Waals surface area contributed by atoms with Gasteiger partial charge < -0.3 is 35.0 Å². The molecule has 2 aliphatic rings. The summed E-state index contributed by atoms with van der Waals surface area (Å²) in [5.41, 5.74) is 2.81. The molecule has 0 aliphatic carbocycles. The minimum absolute atomic E-state index is 0.0944. The van der Waals surface area contributed by atoms with E-state index >= 15 is 0 Å². The quantitative estimate of drug-likeness (QED) is 0.400. The molecule has 8 heteroatoms. The van der Waals surface area contributed by atoms with E-state index in [-0.39, 0.29) is 6.61 Å². The molecule has 0 aromatic heterocycles. The molecular formula is C25H31N3O5. The maximum atomic E-state index is 9.97. The van der Waals surface area contributed by atoms with Crippen LogP contribution in [-0.4, -0.2) is 73.8 Å². The normalized spacial score (nSPS) is 23.3. The molecule has 33 heavy (non-hydrogen) atoms. The van der Waals surface area contributed by atoms with Crippen molar-refractivity contribution in [3.8, 4) is 6.07 Å². The van der Waals surface area contributed by atoms with E-state index in [9.17, 15) is 15.5 Å². The molecule has 2 aliphatic heterocycles. The average molecular weight is 454 g/mol. The lowest BCUT2D eigenvalue weighted by molar-refractivity contribution is -0.171. The van der Waals surface area contributed by atoms with Crippen LogP contribution < -0.4 is 10.2 Å². The highest BCUT2D eigenvalue weighted by Gasteiger charge is 2.29. The van der Waals surface area contributed by atoms with Gasteiger partial charge in [0.1, 0.15) is 6.07 Å². The number of allylic oxidation sites excluding steroid dienone is 1. The number of aliphatic hydroxyl groups is 3. The number of hydrogen-bond acceptors (Lipinski definition) is 8. The average Bonchev–Trinajstić information content (AvgIpc) is 2.86. The monoisotopic (exact) mass is 453 g/mol. The molecule has 0 bridgehead atoms. The van der Waals surface area contributed by atoms with Crippen molar-refractivity contribution < 1.29 is 24.8 Å². The third-order valence-corrected chi connectivity index (χ3v) is 5.67. The molecule has 0 saturated carbocycles. The minimum Gasteiger partial charge on any atom is -0.400 e. The number of nitrogens with one attached hydrogen (secondary N) is 1. The molecule has 0 radical (unpaired) electrons. The van der Waals surface area contributed by atoms with Crippen LogP contribution in [0.5, 0.6) is 0 Å². The predicted molar refractivity (Wildman–Crippen MR) is 127 cm³/mol. The number of rotatable bonds is 5. The van der Waals surface area contributed by atoms with Crippen LogP contribution in [0.2, 0.25) is 0 Å². The molecule has 2 heterocycles. The summed E-state index contributed by atoms with van der Waals surface area (Å²) in [6.45, 7) is 7.32. The molecule has 3 atom stereocenters. The Balaban J connectivity index is 0.00000149. The first-order chi connectivity index (χ1) is 16.0. The Kier molecular flexibility index (Phi) is 8.83.